The van der Waals surface area contributed by atoms with Gasteiger partial charge in [-0.05, 0) is 37.6 Å². The summed E-state index contributed by atoms with van der Waals surface area (Å²) in [4.78, 5) is 27.8. The van der Waals surface area contributed by atoms with E-state index in [1.165, 1.54) is 23.5 Å². The van der Waals surface area contributed by atoms with Crippen LogP contribution >= 0.6 is 11.3 Å². The molecule has 0 saturated heterocycles. The molecule has 3 N–H and O–H groups in total. The van der Waals surface area contributed by atoms with Crippen molar-refractivity contribution >= 4 is 28.7 Å². The third-order valence-electron chi connectivity index (χ3n) is 3.87. The molecule has 1 aromatic heterocycles. The highest BCUT2D eigenvalue weighted by molar-refractivity contribution is 7.14. The standard InChI is InChI=1S/C19H25FN4O2S/c1-12(2)8-14(10-25)23-18(26)13-4-5-15(16(20)9-13)17-11-27-19(24-17)22-7-6-21-3/h4-5,9-12,14,21H,6-8H2,1-3H3,(H,22,24)(H,23,26). The fourth-order valence-electron chi connectivity index (χ4n) is 2.55. The minimum atomic E-state index is -0.579. The van der Waals surface area contributed by atoms with Gasteiger partial charge < -0.3 is 20.7 Å². The molecule has 2 rings (SSSR count). The van der Waals surface area contributed by atoms with E-state index in [2.05, 4.69) is 20.9 Å². The SMILES string of the molecule is CNCCNc1nc(-c2ccc(C(=O)NC(C=O)CC(C)C)cc2F)cs1. The molecule has 1 heterocycles. The van der Waals surface area contributed by atoms with Crippen molar-refractivity contribution in [2.45, 2.75) is 26.3 Å². The van der Waals surface area contributed by atoms with E-state index in [0.717, 1.165) is 13.1 Å². The van der Waals surface area contributed by atoms with Crippen LogP contribution in [0.1, 0.15) is 30.6 Å². The second-order valence-electron chi connectivity index (χ2n) is 6.61. The van der Waals surface area contributed by atoms with Crippen LogP contribution in [0.4, 0.5) is 9.52 Å². The topological polar surface area (TPSA) is 83.1 Å². The normalized spacial score (nSPS) is 12.0. The number of anilines is 1. The molecular weight excluding hydrogens is 367 g/mol. The Morgan fingerprint density at radius 2 is 2.11 bits per heavy atom. The number of aromatic nitrogens is 1. The fraction of sp³-hybridized carbons (Fsp3) is 0.421. The number of hydrogen-bond donors (Lipinski definition) is 3. The predicted molar refractivity (Wildman–Crippen MR) is 107 cm³/mol. The number of carbonyl (C=O) groups is 2. The number of nitrogens with one attached hydrogen (secondary N) is 3. The van der Waals surface area contributed by atoms with Crippen LogP contribution in [-0.2, 0) is 4.79 Å². The highest BCUT2D eigenvalue weighted by Gasteiger charge is 2.17. The highest BCUT2D eigenvalue weighted by atomic mass is 32.1. The van der Waals surface area contributed by atoms with E-state index in [-0.39, 0.29) is 11.5 Å². The van der Waals surface area contributed by atoms with E-state index in [1.807, 2.05) is 20.9 Å². The monoisotopic (exact) mass is 392 g/mol. The number of thiazole rings is 1. The smallest absolute Gasteiger partial charge is 0.251 e. The number of rotatable bonds is 10. The lowest BCUT2D eigenvalue weighted by Crippen LogP contribution is -2.37. The lowest BCUT2D eigenvalue weighted by molar-refractivity contribution is -0.109. The lowest BCUT2D eigenvalue weighted by Gasteiger charge is -2.15. The molecule has 0 aliphatic rings. The zero-order valence-corrected chi connectivity index (χ0v) is 16.5. The molecule has 0 aliphatic carbocycles. The molecule has 1 amide bonds. The molecule has 6 nitrogen and oxygen atoms in total. The zero-order valence-electron chi connectivity index (χ0n) is 15.7. The molecule has 0 aliphatic heterocycles. The Morgan fingerprint density at radius 1 is 1.33 bits per heavy atom. The first kappa shape index (κ1) is 21.0. The molecule has 0 radical (unpaired) electrons. The van der Waals surface area contributed by atoms with E-state index >= 15 is 0 Å². The zero-order chi connectivity index (χ0) is 19.8. The summed E-state index contributed by atoms with van der Waals surface area (Å²) in [5.41, 5.74) is 1.02. The molecule has 8 heteroatoms. The van der Waals surface area contributed by atoms with Crippen molar-refractivity contribution in [2.24, 2.45) is 5.92 Å². The number of carbonyl (C=O) groups excluding carboxylic acids is 2. The van der Waals surface area contributed by atoms with Crippen LogP contribution < -0.4 is 16.0 Å². The minimum Gasteiger partial charge on any atom is -0.360 e. The van der Waals surface area contributed by atoms with Crippen LogP contribution in [0, 0.1) is 11.7 Å². The molecular formula is C19H25FN4O2S. The molecule has 0 fully saturated rings. The fourth-order valence-corrected chi connectivity index (χ4v) is 3.28. The van der Waals surface area contributed by atoms with Crippen molar-refractivity contribution in [3.05, 3.63) is 35.0 Å². The van der Waals surface area contributed by atoms with E-state index in [0.29, 0.717) is 29.1 Å². The van der Waals surface area contributed by atoms with Gasteiger partial charge in [0, 0.05) is 29.6 Å². The summed E-state index contributed by atoms with van der Waals surface area (Å²) in [6.45, 7) is 5.45. The number of likely N-dealkylation sites (N-methyl/N-ethyl adjacent to an activating group) is 1. The van der Waals surface area contributed by atoms with Crippen LogP contribution in [0.25, 0.3) is 11.3 Å². The van der Waals surface area contributed by atoms with Gasteiger partial charge in [0.1, 0.15) is 12.1 Å². The summed E-state index contributed by atoms with van der Waals surface area (Å²) in [5.74, 6) is -0.729. The molecule has 27 heavy (non-hydrogen) atoms. The quantitative estimate of drug-likeness (QED) is 0.428. The van der Waals surface area contributed by atoms with Crippen molar-refractivity contribution < 1.29 is 14.0 Å². The summed E-state index contributed by atoms with van der Waals surface area (Å²) in [5, 5.41) is 11.3. The third kappa shape index (κ3) is 6.11. The molecule has 1 aromatic carbocycles. The summed E-state index contributed by atoms with van der Waals surface area (Å²) in [7, 11) is 1.86. The van der Waals surface area contributed by atoms with E-state index < -0.39 is 17.8 Å². The number of benzene rings is 1. The second kappa shape index (κ2) is 10.1. The molecule has 0 bridgehead atoms. The summed E-state index contributed by atoms with van der Waals surface area (Å²) in [6.07, 6.45) is 1.25. The van der Waals surface area contributed by atoms with Crippen molar-refractivity contribution in [2.75, 3.05) is 25.5 Å². The first-order valence-corrected chi connectivity index (χ1v) is 9.72. The van der Waals surface area contributed by atoms with E-state index in [9.17, 15) is 14.0 Å². The molecule has 146 valence electrons. The van der Waals surface area contributed by atoms with Crippen LogP contribution in [-0.4, -0.2) is 43.4 Å². The number of amides is 1. The number of halogens is 1. The van der Waals surface area contributed by atoms with E-state index in [1.54, 1.807) is 11.4 Å². The summed E-state index contributed by atoms with van der Waals surface area (Å²) < 4.78 is 14.5. The number of aldehydes is 1. The Bertz CT molecular complexity index is 779. The molecule has 2 aromatic rings. The average molecular weight is 393 g/mol. The van der Waals surface area contributed by atoms with Gasteiger partial charge in [0.15, 0.2) is 5.13 Å². The first-order chi connectivity index (χ1) is 12.9. The summed E-state index contributed by atoms with van der Waals surface area (Å²) >= 11 is 1.40. The molecule has 1 unspecified atom stereocenters. The van der Waals surface area contributed by atoms with Crippen LogP contribution in [0.15, 0.2) is 23.6 Å². The Hall–Kier alpha value is -2.32. The maximum atomic E-state index is 14.5. The first-order valence-electron chi connectivity index (χ1n) is 8.84. The van der Waals surface area contributed by atoms with Crippen molar-refractivity contribution in [1.82, 2.24) is 15.6 Å². The third-order valence-corrected chi connectivity index (χ3v) is 4.67. The van der Waals surface area contributed by atoms with Crippen molar-refractivity contribution in [3.8, 4) is 11.3 Å². The lowest BCUT2D eigenvalue weighted by atomic mass is 10.0. The molecule has 1 atom stereocenters. The maximum Gasteiger partial charge on any atom is 0.251 e. The maximum absolute atomic E-state index is 14.5. The Kier molecular flexibility index (Phi) is 7.87. The van der Waals surface area contributed by atoms with Gasteiger partial charge >= 0.3 is 0 Å². The average Bonchev–Trinajstić information content (AvgIpc) is 3.09. The van der Waals surface area contributed by atoms with Crippen LogP contribution in [0.3, 0.4) is 0 Å². The van der Waals surface area contributed by atoms with Crippen LogP contribution in [0.2, 0.25) is 0 Å². The van der Waals surface area contributed by atoms with Crippen molar-refractivity contribution in [3.63, 3.8) is 0 Å². The second-order valence-corrected chi connectivity index (χ2v) is 7.47. The van der Waals surface area contributed by atoms with Crippen molar-refractivity contribution in [1.29, 1.82) is 0 Å². The van der Waals surface area contributed by atoms with Gasteiger partial charge in [0.2, 0.25) is 0 Å². The highest BCUT2D eigenvalue weighted by Crippen LogP contribution is 2.27. The predicted octanol–water partition coefficient (Wildman–Crippen LogP) is 2.92. The van der Waals surface area contributed by atoms with Gasteiger partial charge in [-0.2, -0.15) is 0 Å². The van der Waals surface area contributed by atoms with Gasteiger partial charge in [-0.15, -0.1) is 11.3 Å². The van der Waals surface area contributed by atoms with Gasteiger partial charge in [0.05, 0.1) is 11.7 Å². The minimum absolute atomic E-state index is 0.175. The molecule has 0 spiro atoms. The number of nitrogens with zero attached hydrogens (tertiary/aromatic N) is 1. The van der Waals surface area contributed by atoms with Gasteiger partial charge in [-0.3, -0.25) is 4.79 Å². The molecule has 0 saturated carbocycles. The van der Waals surface area contributed by atoms with Gasteiger partial charge in [0.25, 0.3) is 5.91 Å². The number of hydrogen-bond acceptors (Lipinski definition) is 6. The Labute approximate surface area is 162 Å². The van der Waals surface area contributed by atoms with Gasteiger partial charge in [-0.25, -0.2) is 9.37 Å². The van der Waals surface area contributed by atoms with Gasteiger partial charge in [-0.1, -0.05) is 13.8 Å². The summed E-state index contributed by atoms with van der Waals surface area (Å²) in [6, 6.07) is 3.67. The van der Waals surface area contributed by atoms with E-state index in [4.69, 9.17) is 0 Å². The van der Waals surface area contributed by atoms with Crippen LogP contribution in [0.5, 0.6) is 0 Å². The Balaban J connectivity index is 2.08. The Morgan fingerprint density at radius 3 is 2.74 bits per heavy atom. The largest absolute Gasteiger partial charge is 0.360 e.